The van der Waals surface area contributed by atoms with E-state index in [1.54, 1.807) is 24.8 Å². The minimum atomic E-state index is -0.0128. The van der Waals surface area contributed by atoms with Crippen LogP contribution in [0.5, 0.6) is 0 Å². The number of carbonyl (C=O) groups is 1. The van der Waals surface area contributed by atoms with Gasteiger partial charge in [0, 0.05) is 43.8 Å². The van der Waals surface area contributed by atoms with Crippen LogP contribution in [0.4, 0.5) is 11.6 Å². The number of pyridine rings is 2. The Labute approximate surface area is 157 Å². The maximum atomic E-state index is 12.7. The predicted molar refractivity (Wildman–Crippen MR) is 102 cm³/mol. The van der Waals surface area contributed by atoms with Crippen molar-refractivity contribution in [2.45, 2.75) is 18.8 Å². The average Bonchev–Trinajstić information content (AvgIpc) is 2.75. The molecule has 136 valence electrons. The van der Waals surface area contributed by atoms with Gasteiger partial charge in [0.15, 0.2) is 0 Å². The minimum absolute atomic E-state index is 0.0128. The summed E-state index contributed by atoms with van der Waals surface area (Å²) in [4.78, 5) is 31.1. The van der Waals surface area contributed by atoms with Crippen molar-refractivity contribution in [3.05, 3.63) is 72.6 Å². The van der Waals surface area contributed by atoms with E-state index in [4.69, 9.17) is 0 Å². The molecule has 0 spiro atoms. The van der Waals surface area contributed by atoms with Crippen molar-refractivity contribution in [1.29, 1.82) is 0 Å². The Morgan fingerprint density at radius 2 is 1.93 bits per heavy atom. The van der Waals surface area contributed by atoms with Crippen LogP contribution in [0.25, 0.3) is 0 Å². The summed E-state index contributed by atoms with van der Waals surface area (Å²) in [5.41, 5.74) is 1.70. The van der Waals surface area contributed by atoms with Gasteiger partial charge in [-0.15, -0.1) is 0 Å². The van der Waals surface area contributed by atoms with Crippen LogP contribution in [0, 0.1) is 0 Å². The van der Waals surface area contributed by atoms with E-state index in [9.17, 15) is 4.79 Å². The lowest BCUT2D eigenvalue weighted by atomic mass is 9.91. The van der Waals surface area contributed by atoms with Gasteiger partial charge in [0.1, 0.15) is 18.0 Å². The summed E-state index contributed by atoms with van der Waals surface area (Å²) in [5.74, 6) is 1.78. The number of hydrogen-bond donors (Lipinski definition) is 1. The van der Waals surface area contributed by atoms with Crippen molar-refractivity contribution in [1.82, 2.24) is 24.8 Å². The van der Waals surface area contributed by atoms with Gasteiger partial charge in [-0.2, -0.15) is 0 Å². The second-order valence-electron chi connectivity index (χ2n) is 6.53. The Morgan fingerprint density at radius 3 is 2.74 bits per heavy atom. The Balaban J connectivity index is 1.48. The largest absolute Gasteiger partial charge is 0.338 e. The fourth-order valence-electron chi connectivity index (χ4n) is 3.36. The van der Waals surface area contributed by atoms with E-state index in [1.165, 1.54) is 11.9 Å². The molecule has 1 atom stereocenters. The highest BCUT2D eigenvalue weighted by Crippen LogP contribution is 2.29. The van der Waals surface area contributed by atoms with Gasteiger partial charge in [-0.05, 0) is 42.7 Å². The van der Waals surface area contributed by atoms with E-state index in [0.29, 0.717) is 12.1 Å². The molecule has 27 heavy (non-hydrogen) atoms. The fourth-order valence-corrected chi connectivity index (χ4v) is 3.36. The summed E-state index contributed by atoms with van der Waals surface area (Å²) in [5, 5.41) is 3.22. The van der Waals surface area contributed by atoms with E-state index in [0.717, 1.165) is 31.0 Å². The third kappa shape index (κ3) is 4.08. The molecule has 1 amide bonds. The first-order chi connectivity index (χ1) is 13.3. The molecule has 4 rings (SSSR count). The van der Waals surface area contributed by atoms with Gasteiger partial charge in [0.25, 0.3) is 5.91 Å². The second kappa shape index (κ2) is 7.90. The van der Waals surface area contributed by atoms with E-state index >= 15 is 0 Å². The standard InChI is InChI=1S/C20H20N6O/c27-20(17-11-21-14-22-12-17)26-9-3-4-16(13-26)15-6-8-24-19(10-15)25-18-5-1-2-7-23-18/h1-2,5-8,10-12,14,16H,3-4,9,13H2,(H,23,24,25)/t16-/m0/s1. The number of hydrogen-bond acceptors (Lipinski definition) is 6. The lowest BCUT2D eigenvalue weighted by molar-refractivity contribution is 0.0706. The highest BCUT2D eigenvalue weighted by atomic mass is 16.2. The lowest BCUT2D eigenvalue weighted by Gasteiger charge is -2.33. The van der Waals surface area contributed by atoms with E-state index in [1.807, 2.05) is 35.2 Å². The summed E-state index contributed by atoms with van der Waals surface area (Å²) in [6.45, 7) is 1.44. The maximum Gasteiger partial charge on any atom is 0.257 e. The number of nitrogens with one attached hydrogen (secondary N) is 1. The fraction of sp³-hybridized carbons (Fsp3) is 0.250. The first-order valence-corrected chi connectivity index (χ1v) is 8.98. The number of aromatic nitrogens is 4. The zero-order valence-corrected chi connectivity index (χ0v) is 14.8. The highest BCUT2D eigenvalue weighted by molar-refractivity contribution is 5.93. The Kier molecular flexibility index (Phi) is 5.00. The molecule has 0 aliphatic carbocycles. The molecular weight excluding hydrogens is 340 g/mol. The molecule has 0 aromatic carbocycles. The third-order valence-corrected chi connectivity index (χ3v) is 4.69. The van der Waals surface area contributed by atoms with Gasteiger partial charge in [-0.1, -0.05) is 6.07 Å². The Hall–Kier alpha value is -3.35. The number of anilines is 2. The minimum Gasteiger partial charge on any atom is -0.338 e. The third-order valence-electron chi connectivity index (χ3n) is 4.69. The molecule has 1 saturated heterocycles. The molecule has 0 bridgehead atoms. The molecule has 1 N–H and O–H groups in total. The van der Waals surface area contributed by atoms with Crippen LogP contribution >= 0.6 is 0 Å². The first kappa shape index (κ1) is 17.1. The van der Waals surface area contributed by atoms with Crippen molar-refractivity contribution < 1.29 is 4.79 Å². The molecule has 7 nitrogen and oxygen atoms in total. The van der Waals surface area contributed by atoms with Gasteiger partial charge in [0.05, 0.1) is 5.56 Å². The molecule has 0 unspecified atom stereocenters. The molecule has 7 heteroatoms. The number of amides is 1. The number of piperidine rings is 1. The number of rotatable bonds is 4. The molecule has 1 aliphatic rings. The normalized spacial score (nSPS) is 16.7. The quantitative estimate of drug-likeness (QED) is 0.770. The highest BCUT2D eigenvalue weighted by Gasteiger charge is 2.26. The molecular formula is C20H20N6O. The molecule has 3 aromatic rings. The summed E-state index contributed by atoms with van der Waals surface area (Å²) in [6, 6.07) is 9.77. The molecule has 3 aromatic heterocycles. The number of carbonyl (C=O) groups excluding carboxylic acids is 1. The summed E-state index contributed by atoms with van der Waals surface area (Å²) >= 11 is 0. The smallest absolute Gasteiger partial charge is 0.257 e. The Morgan fingerprint density at radius 1 is 1.07 bits per heavy atom. The number of nitrogens with zero attached hydrogens (tertiary/aromatic N) is 5. The zero-order valence-electron chi connectivity index (χ0n) is 14.8. The van der Waals surface area contributed by atoms with Crippen LogP contribution < -0.4 is 5.32 Å². The van der Waals surface area contributed by atoms with Gasteiger partial charge < -0.3 is 10.2 Å². The zero-order chi connectivity index (χ0) is 18.5. The van der Waals surface area contributed by atoms with Crippen LogP contribution in [0.3, 0.4) is 0 Å². The van der Waals surface area contributed by atoms with Crippen LogP contribution in [0.2, 0.25) is 0 Å². The van der Waals surface area contributed by atoms with Crippen molar-refractivity contribution in [2.24, 2.45) is 0 Å². The van der Waals surface area contributed by atoms with E-state index in [2.05, 4.69) is 25.3 Å². The van der Waals surface area contributed by atoms with Crippen molar-refractivity contribution in [2.75, 3.05) is 18.4 Å². The molecule has 4 heterocycles. The predicted octanol–water partition coefficient (Wildman–Crippen LogP) is 3.03. The summed E-state index contributed by atoms with van der Waals surface area (Å²) < 4.78 is 0. The molecule has 1 aliphatic heterocycles. The topological polar surface area (TPSA) is 83.9 Å². The van der Waals surface area contributed by atoms with Gasteiger partial charge in [0.2, 0.25) is 0 Å². The van der Waals surface area contributed by atoms with Gasteiger partial charge in [-0.3, -0.25) is 4.79 Å². The number of likely N-dealkylation sites (tertiary alicyclic amines) is 1. The first-order valence-electron chi connectivity index (χ1n) is 8.98. The van der Waals surface area contributed by atoms with Crippen LogP contribution in [-0.2, 0) is 0 Å². The molecule has 1 fully saturated rings. The maximum absolute atomic E-state index is 12.7. The summed E-state index contributed by atoms with van der Waals surface area (Å²) in [6.07, 6.45) is 10.1. The van der Waals surface area contributed by atoms with Crippen molar-refractivity contribution >= 4 is 17.5 Å². The second-order valence-corrected chi connectivity index (χ2v) is 6.53. The van der Waals surface area contributed by atoms with Crippen molar-refractivity contribution in [3.63, 3.8) is 0 Å². The SMILES string of the molecule is O=C(c1cncnc1)N1CCC[C@H](c2ccnc(Nc3ccccn3)c2)C1. The van der Waals surface area contributed by atoms with Gasteiger partial charge >= 0.3 is 0 Å². The van der Waals surface area contributed by atoms with Gasteiger partial charge in [-0.25, -0.2) is 19.9 Å². The van der Waals surface area contributed by atoms with Crippen LogP contribution in [0.1, 0.15) is 34.7 Å². The van der Waals surface area contributed by atoms with E-state index in [-0.39, 0.29) is 11.8 Å². The van der Waals surface area contributed by atoms with Crippen LogP contribution in [-0.4, -0.2) is 43.8 Å². The summed E-state index contributed by atoms with van der Waals surface area (Å²) in [7, 11) is 0. The Bertz CT molecular complexity index is 903. The molecule has 0 saturated carbocycles. The van der Waals surface area contributed by atoms with E-state index < -0.39 is 0 Å². The average molecular weight is 360 g/mol. The molecule has 0 radical (unpaired) electrons. The lowest BCUT2D eigenvalue weighted by Crippen LogP contribution is -2.39. The van der Waals surface area contributed by atoms with Crippen LogP contribution in [0.15, 0.2) is 61.4 Å². The van der Waals surface area contributed by atoms with Crippen molar-refractivity contribution in [3.8, 4) is 0 Å². The monoisotopic (exact) mass is 360 g/mol.